The summed E-state index contributed by atoms with van der Waals surface area (Å²) in [5, 5.41) is 0. The third-order valence-electron chi connectivity index (χ3n) is 3.08. The number of anilines is 1. The highest BCUT2D eigenvalue weighted by Crippen LogP contribution is 2.33. The monoisotopic (exact) mass is 290 g/mol. The highest BCUT2D eigenvalue weighted by atomic mass is 32.2. The SMILES string of the molecule is CC(C)(C)S(=O)(=O)c1ccccc1-c1ccc(N)nc1. The lowest BCUT2D eigenvalue weighted by molar-refractivity contribution is 0.560. The number of hydrogen-bond acceptors (Lipinski definition) is 4. The first-order chi connectivity index (χ1) is 9.23. The van der Waals surface area contributed by atoms with Gasteiger partial charge in [-0.3, -0.25) is 0 Å². The maximum absolute atomic E-state index is 12.7. The average molecular weight is 290 g/mol. The first kappa shape index (κ1) is 14.5. The number of aromatic nitrogens is 1. The van der Waals surface area contributed by atoms with Gasteiger partial charge >= 0.3 is 0 Å². The molecule has 4 nitrogen and oxygen atoms in total. The van der Waals surface area contributed by atoms with Crippen LogP contribution in [0.3, 0.4) is 0 Å². The third-order valence-corrected chi connectivity index (χ3v) is 5.63. The van der Waals surface area contributed by atoms with E-state index in [0.717, 1.165) is 5.56 Å². The van der Waals surface area contributed by atoms with Crippen molar-refractivity contribution in [2.45, 2.75) is 30.4 Å². The Morgan fingerprint density at radius 3 is 2.25 bits per heavy atom. The second kappa shape index (κ2) is 4.90. The molecular weight excluding hydrogens is 272 g/mol. The van der Waals surface area contributed by atoms with E-state index in [-0.39, 0.29) is 0 Å². The van der Waals surface area contributed by atoms with Crippen LogP contribution in [0.1, 0.15) is 20.8 Å². The summed E-state index contributed by atoms with van der Waals surface area (Å²) >= 11 is 0. The summed E-state index contributed by atoms with van der Waals surface area (Å²) in [5.74, 6) is 0.407. The molecule has 0 fully saturated rings. The van der Waals surface area contributed by atoms with E-state index in [1.165, 1.54) is 0 Å². The van der Waals surface area contributed by atoms with Crippen molar-refractivity contribution >= 4 is 15.7 Å². The Morgan fingerprint density at radius 1 is 1.05 bits per heavy atom. The summed E-state index contributed by atoms with van der Waals surface area (Å²) in [7, 11) is -3.42. The Morgan fingerprint density at radius 2 is 1.70 bits per heavy atom. The molecule has 0 aliphatic heterocycles. The number of pyridine rings is 1. The molecule has 1 aromatic heterocycles. The van der Waals surface area contributed by atoms with Crippen molar-refractivity contribution < 1.29 is 8.42 Å². The molecule has 0 bridgehead atoms. The molecule has 2 aromatic rings. The van der Waals surface area contributed by atoms with Crippen molar-refractivity contribution in [3.8, 4) is 11.1 Å². The molecule has 0 amide bonds. The van der Waals surface area contributed by atoms with Gasteiger partial charge in [-0.1, -0.05) is 18.2 Å². The predicted molar refractivity (Wildman–Crippen MR) is 81.0 cm³/mol. The van der Waals surface area contributed by atoms with Gasteiger partial charge in [0.05, 0.1) is 9.64 Å². The zero-order valence-electron chi connectivity index (χ0n) is 11.8. The molecule has 2 rings (SSSR count). The summed E-state index contributed by atoms with van der Waals surface area (Å²) in [6.07, 6.45) is 1.59. The van der Waals surface area contributed by atoms with Crippen LogP contribution in [0, 0.1) is 0 Å². The maximum Gasteiger partial charge on any atom is 0.183 e. The summed E-state index contributed by atoms with van der Waals surface area (Å²) in [6.45, 7) is 5.08. The van der Waals surface area contributed by atoms with Crippen LogP contribution in [-0.4, -0.2) is 18.1 Å². The lowest BCUT2D eigenvalue weighted by Gasteiger charge is -2.21. The highest BCUT2D eigenvalue weighted by molar-refractivity contribution is 7.92. The Hall–Kier alpha value is -1.88. The topological polar surface area (TPSA) is 73.0 Å². The molecular formula is C15H18N2O2S. The standard InChI is InChI=1S/C15H18N2O2S/c1-15(2,3)20(18,19)13-7-5-4-6-12(13)11-8-9-14(16)17-10-11/h4-10H,1-3H3,(H2,16,17). The molecule has 5 heteroatoms. The Balaban J connectivity index is 2.66. The van der Waals surface area contributed by atoms with Crippen LogP contribution in [-0.2, 0) is 9.84 Å². The van der Waals surface area contributed by atoms with Crippen molar-refractivity contribution in [1.82, 2.24) is 4.98 Å². The summed E-state index contributed by atoms with van der Waals surface area (Å²) in [6, 6.07) is 10.4. The van der Waals surface area contributed by atoms with Gasteiger partial charge in [-0.25, -0.2) is 13.4 Å². The zero-order valence-corrected chi connectivity index (χ0v) is 12.6. The molecule has 0 saturated heterocycles. The smallest absolute Gasteiger partial charge is 0.183 e. The van der Waals surface area contributed by atoms with Crippen molar-refractivity contribution in [2.75, 3.05) is 5.73 Å². The van der Waals surface area contributed by atoms with Crippen LogP contribution in [0.25, 0.3) is 11.1 Å². The van der Waals surface area contributed by atoms with Crippen molar-refractivity contribution in [3.05, 3.63) is 42.6 Å². The van der Waals surface area contributed by atoms with E-state index in [1.807, 2.05) is 6.07 Å². The van der Waals surface area contributed by atoms with Gasteiger partial charge in [-0.05, 0) is 39.0 Å². The quantitative estimate of drug-likeness (QED) is 0.923. The van der Waals surface area contributed by atoms with Gasteiger partial charge in [0.25, 0.3) is 0 Å². The second-order valence-corrected chi connectivity index (χ2v) is 8.26. The number of nitrogens with zero attached hydrogens (tertiary/aromatic N) is 1. The Kier molecular flexibility index (Phi) is 3.56. The molecule has 106 valence electrons. The van der Waals surface area contributed by atoms with Gasteiger partial charge in [-0.2, -0.15) is 0 Å². The normalized spacial score (nSPS) is 12.3. The van der Waals surface area contributed by atoms with E-state index < -0.39 is 14.6 Å². The molecule has 0 aliphatic rings. The van der Waals surface area contributed by atoms with Crippen molar-refractivity contribution in [1.29, 1.82) is 0 Å². The molecule has 2 N–H and O–H groups in total. The van der Waals surface area contributed by atoms with E-state index in [4.69, 9.17) is 5.73 Å². The molecule has 0 spiro atoms. The number of hydrogen-bond donors (Lipinski definition) is 1. The van der Waals surface area contributed by atoms with E-state index in [2.05, 4.69) is 4.98 Å². The zero-order chi connectivity index (χ0) is 15.0. The van der Waals surface area contributed by atoms with Crippen LogP contribution in [0.5, 0.6) is 0 Å². The summed E-state index contributed by atoms with van der Waals surface area (Å²) < 4.78 is 24.5. The van der Waals surface area contributed by atoms with Gasteiger partial charge in [0.2, 0.25) is 0 Å². The van der Waals surface area contributed by atoms with Crippen LogP contribution in [0.15, 0.2) is 47.5 Å². The fraction of sp³-hybridized carbons (Fsp3) is 0.267. The number of nitrogens with two attached hydrogens (primary N) is 1. The van der Waals surface area contributed by atoms with E-state index >= 15 is 0 Å². The molecule has 20 heavy (non-hydrogen) atoms. The van der Waals surface area contributed by atoms with Crippen LogP contribution < -0.4 is 5.73 Å². The first-order valence-electron chi connectivity index (χ1n) is 6.29. The Bertz CT molecular complexity index is 714. The van der Waals surface area contributed by atoms with Gasteiger partial charge in [0.15, 0.2) is 9.84 Å². The lowest BCUT2D eigenvalue weighted by Crippen LogP contribution is -2.28. The first-order valence-corrected chi connectivity index (χ1v) is 7.77. The van der Waals surface area contributed by atoms with Crippen molar-refractivity contribution in [2.24, 2.45) is 0 Å². The third kappa shape index (κ3) is 2.54. The van der Waals surface area contributed by atoms with Crippen molar-refractivity contribution in [3.63, 3.8) is 0 Å². The van der Waals surface area contributed by atoms with Crippen LogP contribution in [0.2, 0.25) is 0 Å². The van der Waals surface area contributed by atoms with Gasteiger partial charge in [0.1, 0.15) is 5.82 Å². The second-order valence-electron chi connectivity index (χ2n) is 5.58. The summed E-state index contributed by atoms with van der Waals surface area (Å²) in [5.41, 5.74) is 6.96. The number of benzene rings is 1. The molecule has 1 heterocycles. The number of sulfone groups is 1. The predicted octanol–water partition coefficient (Wildman–Crippen LogP) is 2.90. The largest absolute Gasteiger partial charge is 0.384 e. The van der Waals surface area contributed by atoms with Crippen LogP contribution >= 0.6 is 0 Å². The Labute approximate surface area is 119 Å². The fourth-order valence-electron chi connectivity index (χ4n) is 1.83. The number of rotatable bonds is 2. The average Bonchev–Trinajstić information content (AvgIpc) is 2.38. The molecule has 0 radical (unpaired) electrons. The lowest BCUT2D eigenvalue weighted by atomic mass is 10.1. The van der Waals surface area contributed by atoms with Gasteiger partial charge < -0.3 is 5.73 Å². The minimum atomic E-state index is -3.42. The van der Waals surface area contributed by atoms with Gasteiger partial charge in [0, 0.05) is 17.3 Å². The molecule has 0 aliphatic carbocycles. The number of nitrogen functional groups attached to an aromatic ring is 1. The molecule has 0 atom stereocenters. The molecule has 0 unspecified atom stereocenters. The van der Waals surface area contributed by atoms with Crippen LogP contribution in [0.4, 0.5) is 5.82 Å². The fourth-order valence-corrected chi connectivity index (χ4v) is 3.23. The molecule has 0 saturated carbocycles. The highest BCUT2D eigenvalue weighted by Gasteiger charge is 2.32. The minimum absolute atomic E-state index is 0.319. The summed E-state index contributed by atoms with van der Waals surface area (Å²) in [4.78, 5) is 4.34. The molecule has 1 aromatic carbocycles. The van der Waals surface area contributed by atoms with E-state index in [9.17, 15) is 8.42 Å². The van der Waals surface area contributed by atoms with E-state index in [0.29, 0.717) is 16.3 Å². The van der Waals surface area contributed by atoms with E-state index in [1.54, 1.807) is 57.3 Å². The van der Waals surface area contributed by atoms with Gasteiger partial charge in [-0.15, -0.1) is 0 Å². The minimum Gasteiger partial charge on any atom is -0.384 e. The maximum atomic E-state index is 12.7.